The van der Waals surface area contributed by atoms with E-state index in [-0.39, 0.29) is 72.5 Å². The number of carbonyl (C=O) groups is 5. The summed E-state index contributed by atoms with van der Waals surface area (Å²) < 4.78 is 22.2. The predicted octanol–water partition coefficient (Wildman–Crippen LogP) is 10.7. The van der Waals surface area contributed by atoms with Crippen LogP contribution in [0, 0.1) is 41.3 Å². The number of para-hydroxylation sites is 1. The molecule has 0 unspecified atom stereocenters. The summed E-state index contributed by atoms with van der Waals surface area (Å²) in [6.45, 7) is 11.5. The smallest absolute Gasteiger partial charge is 0.355 e. The summed E-state index contributed by atoms with van der Waals surface area (Å²) in [7, 11) is 0. The fraction of sp³-hybridized carbons (Fsp3) is 0.433. The Hall–Kier alpha value is -7.61. The summed E-state index contributed by atoms with van der Waals surface area (Å²) in [5.41, 5.74) is 8.11. The molecule has 0 bridgehead atoms. The minimum absolute atomic E-state index is 0.0157. The highest BCUT2D eigenvalue weighted by molar-refractivity contribution is 7.22. The van der Waals surface area contributed by atoms with Crippen molar-refractivity contribution in [2.45, 2.75) is 130 Å². The molecule has 3 atom stereocenters. The van der Waals surface area contributed by atoms with Crippen LogP contribution in [0.25, 0.3) is 20.7 Å². The lowest BCUT2D eigenvalue weighted by atomic mass is 9.65. The summed E-state index contributed by atoms with van der Waals surface area (Å²) in [6.07, 6.45) is 7.03. The Bertz CT molecular complexity index is 3740. The molecule has 6 heterocycles. The molecule has 1 saturated carbocycles. The number of rotatable bonds is 18. The monoisotopic (exact) mass is 1250 g/mol. The van der Waals surface area contributed by atoms with E-state index in [1.165, 1.54) is 33.6 Å². The number of piperidine rings is 1. The average Bonchev–Trinajstić information content (AvgIpc) is 4.23. The summed E-state index contributed by atoms with van der Waals surface area (Å²) in [4.78, 5) is 88.6. The van der Waals surface area contributed by atoms with E-state index in [2.05, 4.69) is 47.6 Å². The molecule has 4 amide bonds. The number of aromatic nitrogens is 3. The lowest BCUT2D eigenvalue weighted by Crippen LogP contribution is -2.57. The van der Waals surface area contributed by atoms with E-state index >= 15 is 4.39 Å². The number of halogens is 1. The predicted molar refractivity (Wildman–Crippen MR) is 341 cm³/mol. The number of amides is 4. The Balaban J connectivity index is 0.598. The highest BCUT2D eigenvalue weighted by Gasteiger charge is 2.45. The molecule has 2 saturated heterocycles. The second kappa shape index (κ2) is 27.0. The van der Waals surface area contributed by atoms with Gasteiger partial charge >= 0.3 is 5.97 Å². The molecule has 4 aliphatic rings. The number of nitrogens with zero attached hydrogens (tertiary/aromatic N) is 6. The third-order valence-corrected chi connectivity index (χ3v) is 20.8. The number of aryl methyl sites for hydroxylation is 2. The summed E-state index contributed by atoms with van der Waals surface area (Å²) in [6, 6.07) is 24.3. The van der Waals surface area contributed by atoms with Gasteiger partial charge in [-0.1, -0.05) is 92.5 Å². The molecule has 1 spiro atoms. The zero-order chi connectivity index (χ0) is 61.7. The van der Waals surface area contributed by atoms with Gasteiger partial charge in [-0.2, -0.15) is 0 Å². The Morgan fingerprint density at radius 2 is 1.72 bits per heavy atom. The first-order valence-corrected chi connectivity index (χ1v) is 32.8. The molecule has 7 aromatic rings. The number of nitrogens with one attached hydrogen (secondary N) is 3. The summed E-state index contributed by atoms with van der Waals surface area (Å²) in [5.74, 6) is 3.86. The Labute approximate surface area is 524 Å². The van der Waals surface area contributed by atoms with E-state index in [4.69, 9.17) is 4.74 Å². The number of hydrogen-bond donors (Lipinski definition) is 5. The van der Waals surface area contributed by atoms with Crippen molar-refractivity contribution in [1.29, 1.82) is 0 Å². The lowest BCUT2D eigenvalue weighted by Gasteiger charge is -2.45. The number of benzene rings is 4. The van der Waals surface area contributed by atoms with Crippen LogP contribution in [0.3, 0.4) is 0 Å². The van der Waals surface area contributed by atoms with Crippen molar-refractivity contribution in [3.05, 3.63) is 140 Å². The van der Waals surface area contributed by atoms with Crippen molar-refractivity contribution in [2.24, 2.45) is 16.7 Å². The van der Waals surface area contributed by atoms with Crippen LogP contribution in [0.2, 0.25) is 0 Å². The molecule has 0 radical (unpaired) electrons. The van der Waals surface area contributed by atoms with Crippen molar-refractivity contribution >= 4 is 84.1 Å². The first-order chi connectivity index (χ1) is 42.3. The Morgan fingerprint density at radius 3 is 2.44 bits per heavy atom. The van der Waals surface area contributed by atoms with Crippen LogP contribution < -0.4 is 25.6 Å². The van der Waals surface area contributed by atoms with E-state index < -0.39 is 35.4 Å². The van der Waals surface area contributed by atoms with Crippen molar-refractivity contribution in [3.8, 4) is 28.0 Å². The maximum Gasteiger partial charge on any atom is 0.355 e. The molecule has 5 N–H and O–H groups in total. The van der Waals surface area contributed by atoms with Gasteiger partial charge in [-0.15, -0.1) is 22.7 Å². The number of anilines is 2. The van der Waals surface area contributed by atoms with E-state index in [0.29, 0.717) is 71.6 Å². The molecule has 21 heteroatoms. The van der Waals surface area contributed by atoms with Crippen LogP contribution in [0.1, 0.15) is 132 Å². The number of aliphatic hydroxyl groups is 1. The highest BCUT2D eigenvalue weighted by Crippen LogP contribution is 2.47. The number of β-amino-alcohol motifs (C(OH)–C–C–N with tert-alkyl or cyclic N) is 1. The second-order valence-corrected chi connectivity index (χ2v) is 27.8. The fourth-order valence-corrected chi connectivity index (χ4v) is 15.5. The van der Waals surface area contributed by atoms with Gasteiger partial charge in [0.2, 0.25) is 17.7 Å². The molecule has 4 aromatic carbocycles. The van der Waals surface area contributed by atoms with E-state index in [1.54, 1.807) is 29.5 Å². The normalized spacial score (nSPS) is 18.1. The number of aromatic carboxylic acids is 1. The van der Waals surface area contributed by atoms with Gasteiger partial charge in [-0.3, -0.25) is 29.4 Å². The number of fused-ring (bicyclic) bond motifs is 2. The van der Waals surface area contributed by atoms with Gasteiger partial charge in [0.15, 0.2) is 27.5 Å². The first kappa shape index (κ1) is 62.0. The Morgan fingerprint density at radius 1 is 0.932 bits per heavy atom. The minimum Gasteiger partial charge on any atom is -0.491 e. The molecule has 11 rings (SSSR count). The number of hydrogen-bond acceptors (Lipinski definition) is 15. The Kier molecular flexibility index (Phi) is 19.0. The molecule has 460 valence electrons. The standard InChI is InChI=1S/C67H74FN9O8S3/c1-41-58(86-40-70-41)46-19-16-44(17-20-46)37-69-61(81)52-36-47(78)38-77(52)62(82)59(66(2,3)4)72-56(79)35-43-22-25-67(26-23-43)27-31-75(32-28-67)29-8-10-42-18-21-53(50(68)34-42)85-33-9-15-55-57(63(83)84)73-65(88-55)76-30-24-45-11-7-12-48(49(45)39-76)60(80)74-64-71-51-13-5-6-14-54(51)87-64/h5-7,11-14,16-21,34,40,43,47,52,59,78H,9,15,22-33,35-39H2,1-4H3,(H,69,81)(H,72,79)(H,83,84)(H,71,74,80)/t47-,52+,59-/m1/s1. The molecular weight excluding hydrogens is 1170 g/mol. The average molecular weight is 1250 g/mol. The molecule has 1 aliphatic carbocycles. The molecule has 17 nitrogen and oxygen atoms in total. The van der Waals surface area contributed by atoms with Crippen LogP contribution in [-0.4, -0.2) is 122 Å². The third-order valence-electron chi connectivity index (χ3n) is 17.7. The van der Waals surface area contributed by atoms with Gasteiger partial charge in [0, 0.05) is 55.0 Å². The maximum atomic E-state index is 15.4. The summed E-state index contributed by atoms with van der Waals surface area (Å²) >= 11 is 4.31. The zero-order valence-corrected chi connectivity index (χ0v) is 52.5. The van der Waals surface area contributed by atoms with Crippen molar-refractivity contribution < 1.29 is 43.3 Å². The van der Waals surface area contributed by atoms with Crippen LogP contribution >= 0.6 is 34.0 Å². The number of ether oxygens (including phenoxy) is 1. The van der Waals surface area contributed by atoms with Crippen molar-refractivity contribution in [1.82, 2.24) is 35.4 Å². The largest absolute Gasteiger partial charge is 0.491 e. The molecule has 3 fully saturated rings. The van der Waals surface area contributed by atoms with Crippen LogP contribution in [0.5, 0.6) is 5.75 Å². The van der Waals surface area contributed by atoms with Crippen LogP contribution in [-0.2, 0) is 40.3 Å². The highest BCUT2D eigenvalue weighted by atomic mass is 32.1. The topological polar surface area (TPSA) is 220 Å². The first-order valence-electron chi connectivity index (χ1n) is 30.3. The molecular formula is C67H74FN9O8S3. The number of likely N-dealkylation sites (tertiary alicyclic amines) is 2. The van der Waals surface area contributed by atoms with Gasteiger partial charge < -0.3 is 35.4 Å². The van der Waals surface area contributed by atoms with Gasteiger partial charge in [0.25, 0.3) is 5.91 Å². The van der Waals surface area contributed by atoms with Gasteiger partial charge in [-0.25, -0.2) is 24.1 Å². The molecule has 88 heavy (non-hydrogen) atoms. The van der Waals surface area contributed by atoms with E-state index in [0.717, 1.165) is 94.7 Å². The zero-order valence-electron chi connectivity index (χ0n) is 50.0. The van der Waals surface area contributed by atoms with Crippen molar-refractivity contribution in [2.75, 3.05) is 49.5 Å². The maximum absolute atomic E-state index is 15.4. The number of carboxylic acid groups (broad SMARTS) is 1. The van der Waals surface area contributed by atoms with Gasteiger partial charge in [-0.05, 0) is 153 Å². The van der Waals surface area contributed by atoms with Gasteiger partial charge in [0.05, 0.1) is 45.6 Å². The molecule has 3 aliphatic heterocycles. The van der Waals surface area contributed by atoms with Crippen molar-refractivity contribution in [3.63, 3.8) is 0 Å². The van der Waals surface area contributed by atoms with Crippen LogP contribution in [0.15, 0.2) is 90.4 Å². The third kappa shape index (κ3) is 14.6. The molecule has 3 aromatic heterocycles. The van der Waals surface area contributed by atoms with E-state index in [9.17, 15) is 34.2 Å². The quantitative estimate of drug-likeness (QED) is 0.0399. The van der Waals surface area contributed by atoms with E-state index in [1.807, 2.05) is 98.8 Å². The lowest BCUT2D eigenvalue weighted by molar-refractivity contribution is -0.144. The number of thiazole rings is 3. The summed E-state index contributed by atoms with van der Waals surface area (Å²) in [5, 5.41) is 30.9. The number of carboxylic acids is 1. The fourth-order valence-electron chi connectivity index (χ4n) is 12.7. The minimum atomic E-state index is -1.13. The second-order valence-electron chi connectivity index (χ2n) is 24.9. The van der Waals surface area contributed by atoms with Crippen LogP contribution in [0.4, 0.5) is 14.7 Å². The van der Waals surface area contributed by atoms with Gasteiger partial charge in [0.1, 0.15) is 12.1 Å². The number of carbonyl (C=O) groups excluding carboxylic acids is 4. The SMILES string of the molecule is Cc1ncsc1-c1ccc(CNC(=O)[C@@H]2C[C@@H](O)CN2C(=O)[C@@H](NC(=O)CC2CCC3(CC2)CCN(CC#Cc2ccc(OCCCc4sc(N5CCc6cccc(C(=O)Nc7nc8ccccc8s7)c6C5)nc4C(=O)O)c(F)c2)CC3)C(C)(C)C)cc1. The number of aliphatic hydroxyl groups excluding tert-OH is 1.